The highest BCUT2D eigenvalue weighted by molar-refractivity contribution is 6.20. The fourth-order valence-electron chi connectivity index (χ4n) is 6.13. The lowest BCUT2D eigenvalue weighted by Gasteiger charge is -2.27. The third kappa shape index (κ3) is 8.73. The zero-order valence-electron chi connectivity index (χ0n) is 29.0. The second kappa shape index (κ2) is 17.7. The molecule has 11 nitrogen and oxygen atoms in total. The van der Waals surface area contributed by atoms with Gasteiger partial charge in [0.2, 0.25) is 11.8 Å². The molecule has 272 valence electrons. The molecule has 1 aromatic carbocycles. The average molecular weight is 758 g/mol. The number of hydrogen-bond acceptors (Lipinski definition) is 8. The van der Waals surface area contributed by atoms with E-state index >= 15 is 0 Å². The smallest absolute Gasteiger partial charge is 0.261 e. The Morgan fingerprint density at radius 1 is 0.843 bits per heavy atom. The van der Waals surface area contributed by atoms with Crippen molar-refractivity contribution in [1.29, 1.82) is 0 Å². The standard InChI is InChI=1S/C37H40N6O5.3ClH/c1-5-43-30-8-7-28(23-31(30)40(4)35(45)37(2,3)36(43)46)47-22-6-18-41(25-26-9-14-38-15-10-26)20-21-42-19-13-32-29(34(42)44)24-33(48-32)27-11-16-39-17-12-27;;;/h7-17,19,23-24H,5-6,18,20-22,25H2,1-4H3;3*1H. The van der Waals surface area contributed by atoms with Crippen molar-refractivity contribution in [2.75, 3.05) is 43.1 Å². The first-order valence-corrected chi connectivity index (χ1v) is 16.2. The summed E-state index contributed by atoms with van der Waals surface area (Å²) in [6, 6.07) is 16.9. The number of carbonyl (C=O) groups is 2. The van der Waals surface area contributed by atoms with E-state index in [9.17, 15) is 14.4 Å². The number of benzene rings is 1. The topological polar surface area (TPSA) is 114 Å². The molecule has 5 aromatic rings. The molecule has 0 aliphatic carbocycles. The Hall–Kier alpha value is -4.42. The van der Waals surface area contributed by atoms with Crippen molar-refractivity contribution in [3.63, 3.8) is 0 Å². The molecule has 0 saturated heterocycles. The van der Waals surface area contributed by atoms with Crippen LogP contribution in [-0.4, -0.2) is 64.5 Å². The largest absolute Gasteiger partial charge is 0.493 e. The van der Waals surface area contributed by atoms with E-state index in [0.29, 0.717) is 66.6 Å². The normalized spacial score (nSPS) is 13.6. The van der Waals surface area contributed by atoms with E-state index in [1.54, 1.807) is 72.3 Å². The summed E-state index contributed by atoms with van der Waals surface area (Å²) in [5.74, 6) is 0.789. The summed E-state index contributed by atoms with van der Waals surface area (Å²) < 4.78 is 13.9. The van der Waals surface area contributed by atoms with Crippen molar-refractivity contribution in [3.8, 4) is 17.1 Å². The molecule has 1 aliphatic rings. The molecule has 0 radical (unpaired) electrons. The van der Waals surface area contributed by atoms with Crippen LogP contribution in [0.5, 0.6) is 5.75 Å². The summed E-state index contributed by atoms with van der Waals surface area (Å²) in [5.41, 5.74) is 2.62. The molecular formula is C37H43Cl3N6O5. The second-order valence-electron chi connectivity index (χ2n) is 12.5. The first kappa shape index (κ1) is 41.0. The lowest BCUT2D eigenvalue weighted by atomic mass is 9.90. The first-order valence-electron chi connectivity index (χ1n) is 16.2. The molecule has 0 fully saturated rings. The molecule has 1 aliphatic heterocycles. The Bertz CT molecular complexity index is 1990. The minimum atomic E-state index is -1.17. The van der Waals surface area contributed by atoms with Crippen LogP contribution in [-0.2, 0) is 22.7 Å². The number of hydrogen-bond donors (Lipinski definition) is 0. The van der Waals surface area contributed by atoms with Gasteiger partial charge in [0.05, 0.1) is 23.4 Å². The van der Waals surface area contributed by atoms with Gasteiger partial charge in [-0.3, -0.25) is 29.3 Å². The van der Waals surface area contributed by atoms with Crippen molar-refractivity contribution in [3.05, 3.63) is 101 Å². The number of carbonyl (C=O) groups excluding carboxylic acids is 2. The van der Waals surface area contributed by atoms with E-state index in [2.05, 4.69) is 14.9 Å². The molecule has 0 spiro atoms. The minimum Gasteiger partial charge on any atom is -0.493 e. The van der Waals surface area contributed by atoms with Crippen LogP contribution in [0.3, 0.4) is 0 Å². The predicted molar refractivity (Wildman–Crippen MR) is 207 cm³/mol. The van der Waals surface area contributed by atoms with E-state index in [0.717, 1.165) is 24.1 Å². The highest BCUT2D eigenvalue weighted by atomic mass is 35.5. The molecule has 6 rings (SSSR count). The maximum atomic E-state index is 13.4. The van der Waals surface area contributed by atoms with Gasteiger partial charge in [-0.2, -0.15) is 0 Å². The molecule has 51 heavy (non-hydrogen) atoms. The van der Waals surface area contributed by atoms with Gasteiger partial charge in [-0.25, -0.2) is 0 Å². The summed E-state index contributed by atoms with van der Waals surface area (Å²) >= 11 is 0. The number of nitrogens with zero attached hydrogens (tertiary/aromatic N) is 6. The SMILES string of the molecule is CCN1C(=O)C(C)(C)C(=O)N(C)c2cc(OCCCN(CCn3ccc4oc(-c5ccncc5)cc4c3=O)Cc3ccncc3)ccc21.Cl.Cl.Cl. The summed E-state index contributed by atoms with van der Waals surface area (Å²) in [7, 11) is 1.70. The predicted octanol–water partition coefficient (Wildman–Crippen LogP) is 6.64. The highest BCUT2D eigenvalue weighted by Crippen LogP contribution is 2.40. The van der Waals surface area contributed by atoms with Gasteiger partial charge in [0.1, 0.15) is 22.5 Å². The van der Waals surface area contributed by atoms with Crippen molar-refractivity contribution in [1.82, 2.24) is 19.4 Å². The Morgan fingerprint density at radius 2 is 1.53 bits per heavy atom. The molecule has 0 atom stereocenters. The molecule has 0 saturated carbocycles. The molecule has 14 heteroatoms. The van der Waals surface area contributed by atoms with Gasteiger partial charge < -0.3 is 23.5 Å². The van der Waals surface area contributed by atoms with E-state index in [1.165, 1.54) is 0 Å². The van der Waals surface area contributed by atoms with Crippen LogP contribution in [0.1, 0.15) is 32.8 Å². The highest BCUT2D eigenvalue weighted by Gasteiger charge is 2.45. The van der Waals surface area contributed by atoms with Gasteiger partial charge in [-0.15, -0.1) is 37.2 Å². The zero-order valence-corrected chi connectivity index (χ0v) is 31.4. The van der Waals surface area contributed by atoms with E-state index in [1.807, 2.05) is 55.5 Å². The van der Waals surface area contributed by atoms with E-state index in [4.69, 9.17) is 9.15 Å². The molecule has 4 aromatic heterocycles. The maximum absolute atomic E-state index is 13.4. The zero-order chi connectivity index (χ0) is 33.8. The van der Waals surface area contributed by atoms with Crippen LogP contribution in [0.25, 0.3) is 22.3 Å². The molecular weight excluding hydrogens is 715 g/mol. The number of halogens is 3. The maximum Gasteiger partial charge on any atom is 0.261 e. The molecule has 2 amide bonds. The van der Waals surface area contributed by atoms with Crippen LogP contribution in [0.4, 0.5) is 11.4 Å². The van der Waals surface area contributed by atoms with Crippen LogP contribution >= 0.6 is 37.2 Å². The van der Waals surface area contributed by atoms with Gasteiger partial charge in [-0.05, 0) is 81.3 Å². The van der Waals surface area contributed by atoms with Crippen LogP contribution in [0, 0.1) is 5.41 Å². The Morgan fingerprint density at radius 3 is 2.22 bits per heavy atom. The van der Waals surface area contributed by atoms with Gasteiger partial charge in [0.15, 0.2) is 0 Å². The Balaban J connectivity index is 0.00000234. The monoisotopic (exact) mass is 756 g/mol. The first-order chi connectivity index (χ1) is 23.2. The number of fused-ring (bicyclic) bond motifs is 2. The van der Waals surface area contributed by atoms with Gasteiger partial charge in [-0.1, -0.05) is 0 Å². The average Bonchev–Trinajstić information content (AvgIpc) is 3.54. The van der Waals surface area contributed by atoms with E-state index < -0.39 is 5.41 Å². The number of rotatable bonds is 12. The Kier molecular flexibility index (Phi) is 14.2. The summed E-state index contributed by atoms with van der Waals surface area (Å²) in [5, 5.41) is 0.543. The summed E-state index contributed by atoms with van der Waals surface area (Å²) in [6.45, 7) is 8.72. The number of amides is 2. The third-order valence-corrected chi connectivity index (χ3v) is 8.86. The quantitative estimate of drug-likeness (QED) is 0.103. The number of ether oxygens (including phenoxy) is 1. The second-order valence-corrected chi connectivity index (χ2v) is 12.5. The van der Waals surface area contributed by atoms with Crippen molar-refractivity contribution < 1.29 is 18.7 Å². The van der Waals surface area contributed by atoms with Crippen LogP contribution in [0.2, 0.25) is 0 Å². The fourth-order valence-corrected chi connectivity index (χ4v) is 6.13. The summed E-state index contributed by atoms with van der Waals surface area (Å²) in [4.78, 5) is 53.5. The molecule has 0 N–H and O–H groups in total. The molecule has 0 bridgehead atoms. The van der Waals surface area contributed by atoms with E-state index in [-0.39, 0.29) is 54.6 Å². The lowest BCUT2D eigenvalue weighted by molar-refractivity contribution is -0.137. The van der Waals surface area contributed by atoms with Crippen molar-refractivity contribution >= 4 is 71.4 Å². The molecule has 0 unspecified atom stereocenters. The van der Waals surface area contributed by atoms with Gasteiger partial charge in [0.25, 0.3) is 5.56 Å². The number of pyridine rings is 3. The lowest BCUT2D eigenvalue weighted by Crippen LogP contribution is -2.47. The Labute approximate surface area is 315 Å². The van der Waals surface area contributed by atoms with Crippen molar-refractivity contribution in [2.24, 2.45) is 5.41 Å². The number of aromatic nitrogens is 3. The van der Waals surface area contributed by atoms with Crippen molar-refractivity contribution in [2.45, 2.75) is 40.3 Å². The van der Waals surface area contributed by atoms with Crippen LogP contribution in [0.15, 0.2) is 94.8 Å². The summed E-state index contributed by atoms with van der Waals surface area (Å²) in [6.07, 6.45) is 9.47. The minimum absolute atomic E-state index is 0. The fraction of sp³-hybridized carbons (Fsp3) is 0.324. The third-order valence-electron chi connectivity index (χ3n) is 8.86. The number of furan rings is 1. The number of anilines is 2. The van der Waals surface area contributed by atoms with Gasteiger partial charge in [0, 0.05) is 82.4 Å². The van der Waals surface area contributed by atoms with Crippen LogP contribution < -0.4 is 20.1 Å². The van der Waals surface area contributed by atoms with Gasteiger partial charge >= 0.3 is 0 Å². The molecule has 5 heterocycles.